The second-order valence-corrected chi connectivity index (χ2v) is 7.85. The predicted molar refractivity (Wildman–Crippen MR) is 96.5 cm³/mol. The molecule has 0 saturated heterocycles. The number of benzene rings is 2. The highest BCUT2D eigenvalue weighted by Gasteiger charge is 2.28. The highest BCUT2D eigenvalue weighted by molar-refractivity contribution is 7.92. The summed E-state index contributed by atoms with van der Waals surface area (Å²) in [5.74, 6) is -0.834. The number of sulfonamides is 1. The second-order valence-electron chi connectivity index (χ2n) is 5.56. The van der Waals surface area contributed by atoms with E-state index in [1.54, 1.807) is 24.3 Å². The third-order valence-corrected chi connectivity index (χ3v) is 5.04. The normalized spacial score (nSPS) is 12.5. The van der Waals surface area contributed by atoms with Gasteiger partial charge in [-0.25, -0.2) is 12.8 Å². The van der Waals surface area contributed by atoms with E-state index in [0.717, 1.165) is 10.6 Å². The number of carbonyl (C=O) groups excluding carboxylic acids is 1. The lowest BCUT2D eigenvalue weighted by molar-refractivity contribution is -0.122. The summed E-state index contributed by atoms with van der Waals surface area (Å²) in [7, 11) is -3.68. The van der Waals surface area contributed by atoms with Crippen molar-refractivity contribution in [1.82, 2.24) is 5.32 Å². The maximum Gasteiger partial charge on any atom is 0.243 e. The Morgan fingerprint density at radius 3 is 2.24 bits per heavy atom. The van der Waals surface area contributed by atoms with Crippen LogP contribution in [-0.4, -0.2) is 26.6 Å². The molecule has 1 amide bonds. The van der Waals surface area contributed by atoms with Gasteiger partial charge >= 0.3 is 0 Å². The highest BCUT2D eigenvalue weighted by Crippen LogP contribution is 2.23. The van der Waals surface area contributed by atoms with Crippen molar-refractivity contribution < 1.29 is 17.6 Å². The van der Waals surface area contributed by atoms with Gasteiger partial charge < -0.3 is 5.32 Å². The first-order valence-corrected chi connectivity index (χ1v) is 9.68. The topological polar surface area (TPSA) is 66.5 Å². The van der Waals surface area contributed by atoms with Crippen LogP contribution in [0.15, 0.2) is 48.5 Å². The van der Waals surface area contributed by atoms with E-state index in [4.69, 9.17) is 11.6 Å². The second kappa shape index (κ2) is 7.84. The number of hydrogen-bond acceptors (Lipinski definition) is 3. The Balaban J connectivity index is 2.15. The maximum atomic E-state index is 12.9. The first-order chi connectivity index (χ1) is 11.7. The van der Waals surface area contributed by atoms with Gasteiger partial charge in [-0.15, -0.1) is 0 Å². The number of nitrogens with zero attached hydrogens (tertiary/aromatic N) is 1. The molecule has 2 aromatic carbocycles. The van der Waals surface area contributed by atoms with E-state index in [2.05, 4.69) is 5.32 Å². The fourth-order valence-corrected chi connectivity index (χ4v) is 3.64. The molecule has 0 radical (unpaired) electrons. The standard InChI is InChI=1S/C17H18ClFN2O3S/c1-12(17(22)20-11-13-3-7-15(19)8-4-13)21(25(2,23)24)16-9-5-14(18)6-10-16/h3-10,12H,11H2,1-2H3,(H,20,22). The van der Waals surface area contributed by atoms with Crippen LogP contribution >= 0.6 is 11.6 Å². The molecule has 0 heterocycles. The molecule has 0 aromatic heterocycles. The molecule has 2 rings (SSSR count). The number of rotatable bonds is 6. The highest BCUT2D eigenvalue weighted by atomic mass is 35.5. The Kier molecular flexibility index (Phi) is 6.02. The Morgan fingerprint density at radius 2 is 1.72 bits per heavy atom. The van der Waals surface area contributed by atoms with E-state index in [9.17, 15) is 17.6 Å². The third kappa shape index (κ3) is 5.17. The summed E-state index contributed by atoms with van der Waals surface area (Å²) in [6, 6.07) is 10.9. The summed E-state index contributed by atoms with van der Waals surface area (Å²) in [6.07, 6.45) is 1.03. The molecule has 0 aliphatic heterocycles. The summed E-state index contributed by atoms with van der Waals surface area (Å²) in [6.45, 7) is 1.66. The van der Waals surface area contributed by atoms with Gasteiger partial charge in [0.1, 0.15) is 11.9 Å². The molecule has 25 heavy (non-hydrogen) atoms. The van der Waals surface area contributed by atoms with Gasteiger partial charge in [0.15, 0.2) is 0 Å². The van der Waals surface area contributed by atoms with Gasteiger partial charge in [0.25, 0.3) is 0 Å². The van der Waals surface area contributed by atoms with Crippen LogP contribution in [0.2, 0.25) is 5.02 Å². The van der Waals surface area contributed by atoms with E-state index in [1.807, 2.05) is 0 Å². The van der Waals surface area contributed by atoms with E-state index in [1.165, 1.54) is 31.2 Å². The van der Waals surface area contributed by atoms with Crippen molar-refractivity contribution in [1.29, 1.82) is 0 Å². The monoisotopic (exact) mass is 384 g/mol. The summed E-state index contributed by atoms with van der Waals surface area (Å²) in [4.78, 5) is 12.4. The van der Waals surface area contributed by atoms with Crippen molar-refractivity contribution in [2.75, 3.05) is 10.6 Å². The molecule has 2 aromatic rings. The molecule has 1 atom stereocenters. The first kappa shape index (κ1) is 19.2. The SMILES string of the molecule is CC(C(=O)NCc1ccc(F)cc1)N(c1ccc(Cl)cc1)S(C)(=O)=O. The largest absolute Gasteiger partial charge is 0.350 e. The number of carbonyl (C=O) groups is 1. The summed E-state index contributed by atoms with van der Waals surface area (Å²) >= 11 is 5.83. The molecule has 1 N–H and O–H groups in total. The molecule has 0 saturated carbocycles. The van der Waals surface area contributed by atoms with Crippen molar-refractivity contribution in [3.8, 4) is 0 Å². The van der Waals surface area contributed by atoms with E-state index in [0.29, 0.717) is 16.3 Å². The molecule has 0 aliphatic carbocycles. The van der Waals surface area contributed by atoms with Gasteiger partial charge in [0, 0.05) is 11.6 Å². The molecule has 134 valence electrons. The van der Waals surface area contributed by atoms with Gasteiger partial charge in [-0.1, -0.05) is 23.7 Å². The molecular weight excluding hydrogens is 367 g/mol. The van der Waals surface area contributed by atoms with Gasteiger partial charge in [-0.2, -0.15) is 0 Å². The zero-order valence-electron chi connectivity index (χ0n) is 13.7. The Hall–Kier alpha value is -2.12. The van der Waals surface area contributed by atoms with Crippen molar-refractivity contribution >= 4 is 33.2 Å². The minimum Gasteiger partial charge on any atom is -0.350 e. The number of hydrogen-bond donors (Lipinski definition) is 1. The lowest BCUT2D eigenvalue weighted by Crippen LogP contribution is -2.47. The molecule has 0 bridgehead atoms. The lowest BCUT2D eigenvalue weighted by Gasteiger charge is -2.28. The van der Waals surface area contributed by atoms with Crippen LogP contribution in [0, 0.1) is 5.82 Å². The zero-order valence-corrected chi connectivity index (χ0v) is 15.3. The molecule has 0 fully saturated rings. The van der Waals surface area contributed by atoms with Crippen molar-refractivity contribution in [3.05, 3.63) is 64.9 Å². The van der Waals surface area contributed by atoms with Crippen LogP contribution in [-0.2, 0) is 21.4 Å². The van der Waals surface area contributed by atoms with Crippen molar-refractivity contribution in [2.45, 2.75) is 19.5 Å². The first-order valence-electron chi connectivity index (χ1n) is 7.45. The van der Waals surface area contributed by atoms with Gasteiger partial charge in [-0.05, 0) is 48.9 Å². The smallest absolute Gasteiger partial charge is 0.243 e. The van der Waals surface area contributed by atoms with E-state index >= 15 is 0 Å². The summed E-state index contributed by atoms with van der Waals surface area (Å²) < 4.78 is 38.2. The fourth-order valence-electron chi connectivity index (χ4n) is 2.34. The summed E-state index contributed by atoms with van der Waals surface area (Å²) in [5.41, 5.74) is 1.05. The minimum atomic E-state index is -3.68. The lowest BCUT2D eigenvalue weighted by atomic mass is 10.2. The van der Waals surface area contributed by atoms with Crippen LogP contribution in [0.1, 0.15) is 12.5 Å². The minimum absolute atomic E-state index is 0.168. The Bertz CT molecular complexity index is 839. The fraction of sp³-hybridized carbons (Fsp3) is 0.235. The molecule has 0 aliphatic rings. The number of halogens is 2. The average Bonchev–Trinajstić information content (AvgIpc) is 2.54. The Morgan fingerprint density at radius 1 is 1.16 bits per heavy atom. The van der Waals surface area contributed by atoms with Gasteiger partial charge in [0.2, 0.25) is 15.9 Å². The van der Waals surface area contributed by atoms with Crippen LogP contribution < -0.4 is 9.62 Å². The van der Waals surface area contributed by atoms with Crippen LogP contribution in [0.25, 0.3) is 0 Å². The van der Waals surface area contributed by atoms with Crippen molar-refractivity contribution in [2.24, 2.45) is 0 Å². The maximum absolute atomic E-state index is 12.9. The van der Waals surface area contributed by atoms with Crippen molar-refractivity contribution in [3.63, 3.8) is 0 Å². The molecule has 1 unspecified atom stereocenters. The van der Waals surface area contributed by atoms with Gasteiger partial charge in [0.05, 0.1) is 11.9 Å². The summed E-state index contributed by atoms with van der Waals surface area (Å²) in [5, 5.41) is 3.12. The molecule has 0 spiro atoms. The van der Waals surface area contributed by atoms with Gasteiger partial charge in [-0.3, -0.25) is 9.10 Å². The molecule has 5 nitrogen and oxygen atoms in total. The van der Waals surface area contributed by atoms with Crippen LogP contribution in [0.5, 0.6) is 0 Å². The number of amides is 1. The number of nitrogens with one attached hydrogen (secondary N) is 1. The average molecular weight is 385 g/mol. The molecular formula is C17H18ClFN2O3S. The quantitative estimate of drug-likeness (QED) is 0.832. The predicted octanol–water partition coefficient (Wildman–Crippen LogP) is 2.95. The number of anilines is 1. The van der Waals surface area contributed by atoms with Crippen LogP contribution in [0.4, 0.5) is 10.1 Å². The Labute approximate surface area is 151 Å². The molecule has 8 heteroatoms. The van der Waals surface area contributed by atoms with E-state index in [-0.39, 0.29) is 12.4 Å². The van der Waals surface area contributed by atoms with Crippen LogP contribution in [0.3, 0.4) is 0 Å². The van der Waals surface area contributed by atoms with E-state index < -0.39 is 22.0 Å². The zero-order chi connectivity index (χ0) is 18.6. The third-order valence-electron chi connectivity index (χ3n) is 3.55.